The molecular weight excluding hydrogens is 556 g/mol. The number of phenolic OH excluding ortho intramolecular Hbond substituents is 1. The summed E-state index contributed by atoms with van der Waals surface area (Å²) in [4.78, 5) is 35.1. The molecule has 3 fully saturated rings. The van der Waals surface area contributed by atoms with Gasteiger partial charge in [0, 0.05) is 11.8 Å². The molecule has 7 heteroatoms. The second-order valence-electron chi connectivity index (χ2n) is 12.0. The zero-order valence-electron chi connectivity index (χ0n) is 26.3. The number of hydrogen-bond donors (Lipinski definition) is 1. The average Bonchev–Trinajstić information content (AvgIpc) is 3.68. The molecule has 2 saturated carbocycles. The van der Waals surface area contributed by atoms with Crippen LogP contribution in [0, 0.1) is 23.7 Å². The Morgan fingerprint density at radius 2 is 1.45 bits per heavy atom. The smallest absolute Gasteiger partial charge is 0.338 e. The lowest BCUT2D eigenvalue weighted by Crippen LogP contribution is -2.36. The fourth-order valence-electron chi connectivity index (χ4n) is 5.96. The van der Waals surface area contributed by atoms with Gasteiger partial charge in [0.05, 0.1) is 17.4 Å². The van der Waals surface area contributed by atoms with Crippen molar-refractivity contribution in [1.29, 1.82) is 0 Å². The molecule has 0 amide bonds. The Hall–Kier alpha value is -4.13. The molecule has 7 nitrogen and oxygen atoms in total. The van der Waals surface area contributed by atoms with Crippen molar-refractivity contribution in [3.05, 3.63) is 101 Å². The first-order valence-corrected chi connectivity index (χ1v) is 15.6. The second-order valence-corrected chi connectivity index (χ2v) is 12.0. The summed E-state index contributed by atoms with van der Waals surface area (Å²) in [6.45, 7) is 9.70. The summed E-state index contributed by atoms with van der Waals surface area (Å²) in [5.41, 5.74) is 4.07. The lowest BCUT2D eigenvalue weighted by atomic mass is 9.88. The molecule has 0 aromatic heterocycles. The number of aromatic hydroxyl groups is 1. The SMILES string of the molecule is CC(C)C(=O)OC1C2CC3C(=O)OC1C3C2.CCc1ccc(C(=O)OC(C)c2ccccc2)cc1.CCc1ccc(O)cc1. The maximum absolute atomic E-state index is 12.0. The minimum atomic E-state index is -0.279. The van der Waals surface area contributed by atoms with Crippen LogP contribution in [-0.2, 0) is 36.6 Å². The third-order valence-corrected chi connectivity index (χ3v) is 8.63. The summed E-state index contributed by atoms with van der Waals surface area (Å²) >= 11 is 0. The van der Waals surface area contributed by atoms with Gasteiger partial charge in [-0.2, -0.15) is 0 Å². The summed E-state index contributed by atoms with van der Waals surface area (Å²) in [5, 5.41) is 8.85. The van der Waals surface area contributed by atoms with E-state index >= 15 is 0 Å². The quantitative estimate of drug-likeness (QED) is 0.225. The molecule has 3 aromatic rings. The Kier molecular flexibility index (Phi) is 11.2. The molecule has 44 heavy (non-hydrogen) atoms. The van der Waals surface area contributed by atoms with Gasteiger partial charge < -0.3 is 19.3 Å². The third kappa shape index (κ3) is 8.07. The van der Waals surface area contributed by atoms with Crippen LogP contribution in [0.2, 0.25) is 0 Å². The predicted molar refractivity (Wildman–Crippen MR) is 168 cm³/mol. The van der Waals surface area contributed by atoms with E-state index in [0.29, 0.717) is 23.1 Å². The number of hydrogen-bond acceptors (Lipinski definition) is 7. The standard InChI is InChI=1S/C17H18O2.C12H16O4.C8H10O/c1-3-14-9-11-16(12-10-14)17(18)19-13(2)15-7-5-4-6-8-15;1-5(2)11(13)15-9-6-3-7-8(4-6)12(14)16-10(7)9;1-2-7-3-5-8(9)6-4-7/h4-13H,3H2,1-2H3;5-10H,3-4H2,1-2H3;3-6,9H,2H2,1H3. The van der Waals surface area contributed by atoms with E-state index in [9.17, 15) is 14.4 Å². The topological polar surface area (TPSA) is 99.1 Å². The van der Waals surface area contributed by atoms with E-state index in [2.05, 4.69) is 13.8 Å². The van der Waals surface area contributed by atoms with Crippen LogP contribution in [0.1, 0.15) is 80.6 Å². The van der Waals surface area contributed by atoms with Gasteiger partial charge in [-0.3, -0.25) is 9.59 Å². The van der Waals surface area contributed by atoms with Crippen LogP contribution >= 0.6 is 0 Å². The van der Waals surface area contributed by atoms with E-state index in [0.717, 1.165) is 31.2 Å². The van der Waals surface area contributed by atoms with E-state index in [1.165, 1.54) is 11.1 Å². The number of ether oxygens (including phenoxy) is 3. The van der Waals surface area contributed by atoms with E-state index in [1.807, 2.05) is 87.5 Å². The number of fused-ring (bicyclic) bond motifs is 1. The fourth-order valence-corrected chi connectivity index (χ4v) is 5.96. The molecule has 234 valence electrons. The van der Waals surface area contributed by atoms with Crippen molar-refractivity contribution in [2.24, 2.45) is 23.7 Å². The molecule has 1 saturated heterocycles. The monoisotopic (exact) mass is 600 g/mol. The first kappa shape index (κ1) is 32.8. The molecular formula is C37H44O7. The molecule has 0 radical (unpaired) electrons. The lowest BCUT2D eigenvalue weighted by molar-refractivity contribution is -0.164. The highest BCUT2D eigenvalue weighted by Gasteiger charge is 2.63. The van der Waals surface area contributed by atoms with Crippen molar-refractivity contribution >= 4 is 17.9 Å². The molecule has 1 N–H and O–H groups in total. The fraction of sp³-hybridized carbons (Fsp3) is 0.432. The molecule has 1 aliphatic heterocycles. The van der Waals surface area contributed by atoms with Gasteiger partial charge in [-0.25, -0.2) is 4.79 Å². The van der Waals surface area contributed by atoms with Gasteiger partial charge in [-0.05, 0) is 73.6 Å². The Morgan fingerprint density at radius 3 is 2.02 bits per heavy atom. The van der Waals surface area contributed by atoms with Gasteiger partial charge in [0.15, 0.2) is 0 Å². The van der Waals surface area contributed by atoms with Gasteiger partial charge in [-0.15, -0.1) is 0 Å². The molecule has 6 rings (SSSR count). The number of phenols is 1. The van der Waals surface area contributed by atoms with Crippen LogP contribution in [0.5, 0.6) is 5.75 Å². The third-order valence-electron chi connectivity index (χ3n) is 8.63. The molecule has 2 aliphatic carbocycles. The van der Waals surface area contributed by atoms with E-state index in [4.69, 9.17) is 19.3 Å². The number of aryl methyl sites for hydroxylation is 2. The van der Waals surface area contributed by atoms with Crippen LogP contribution in [0.4, 0.5) is 0 Å². The lowest BCUT2D eigenvalue weighted by Gasteiger charge is -2.25. The summed E-state index contributed by atoms with van der Waals surface area (Å²) in [6, 6.07) is 24.6. The zero-order chi connectivity index (χ0) is 31.8. The predicted octanol–water partition coefficient (Wildman–Crippen LogP) is 7.26. The van der Waals surface area contributed by atoms with Crippen LogP contribution in [0.15, 0.2) is 78.9 Å². The Balaban J connectivity index is 0.000000160. The summed E-state index contributed by atoms with van der Waals surface area (Å²) in [5.74, 6) is 0.413. The highest BCUT2D eigenvalue weighted by Crippen LogP contribution is 2.55. The van der Waals surface area contributed by atoms with Crippen molar-refractivity contribution in [2.75, 3.05) is 0 Å². The maximum atomic E-state index is 12.0. The molecule has 3 aliphatic rings. The largest absolute Gasteiger partial charge is 0.508 e. The number of benzene rings is 3. The maximum Gasteiger partial charge on any atom is 0.338 e. The molecule has 3 aromatic carbocycles. The normalized spacial score (nSPS) is 23.0. The van der Waals surface area contributed by atoms with E-state index in [-0.39, 0.29) is 48.1 Å². The molecule has 6 unspecified atom stereocenters. The highest BCUT2D eigenvalue weighted by atomic mass is 16.6. The van der Waals surface area contributed by atoms with Gasteiger partial charge in [0.25, 0.3) is 0 Å². The Bertz CT molecular complexity index is 1380. The first-order chi connectivity index (χ1) is 21.1. The van der Waals surface area contributed by atoms with Crippen LogP contribution < -0.4 is 0 Å². The molecule has 6 atom stereocenters. The number of esters is 3. The van der Waals surface area contributed by atoms with Crippen molar-refractivity contribution < 1.29 is 33.7 Å². The second kappa shape index (κ2) is 15.0. The highest BCUT2D eigenvalue weighted by molar-refractivity contribution is 5.89. The van der Waals surface area contributed by atoms with E-state index < -0.39 is 0 Å². The number of carbonyl (C=O) groups is 3. The van der Waals surface area contributed by atoms with Gasteiger partial charge in [0.1, 0.15) is 24.1 Å². The summed E-state index contributed by atoms with van der Waals surface area (Å²) < 4.78 is 16.2. The van der Waals surface area contributed by atoms with Crippen LogP contribution in [-0.4, -0.2) is 35.2 Å². The van der Waals surface area contributed by atoms with Gasteiger partial charge >= 0.3 is 17.9 Å². The number of rotatable bonds is 7. The van der Waals surface area contributed by atoms with Crippen LogP contribution in [0.3, 0.4) is 0 Å². The summed E-state index contributed by atoms with van der Waals surface area (Å²) in [7, 11) is 0. The van der Waals surface area contributed by atoms with Gasteiger partial charge in [0.2, 0.25) is 0 Å². The minimum Gasteiger partial charge on any atom is -0.508 e. The first-order valence-electron chi connectivity index (χ1n) is 15.6. The van der Waals surface area contributed by atoms with Crippen LogP contribution in [0.25, 0.3) is 0 Å². The van der Waals surface area contributed by atoms with Crippen molar-refractivity contribution in [3.8, 4) is 5.75 Å². The van der Waals surface area contributed by atoms with Crippen molar-refractivity contribution in [1.82, 2.24) is 0 Å². The van der Waals surface area contributed by atoms with Crippen molar-refractivity contribution in [3.63, 3.8) is 0 Å². The molecule has 1 heterocycles. The average molecular weight is 601 g/mol. The zero-order valence-corrected chi connectivity index (χ0v) is 26.3. The van der Waals surface area contributed by atoms with Gasteiger partial charge in [-0.1, -0.05) is 82.3 Å². The molecule has 2 bridgehead atoms. The number of carbonyl (C=O) groups excluding carboxylic acids is 3. The van der Waals surface area contributed by atoms with Crippen molar-refractivity contribution in [2.45, 2.75) is 78.6 Å². The summed E-state index contributed by atoms with van der Waals surface area (Å²) in [6.07, 6.45) is 3.25. The molecule has 0 spiro atoms. The Morgan fingerprint density at radius 1 is 0.864 bits per heavy atom. The van der Waals surface area contributed by atoms with E-state index in [1.54, 1.807) is 12.1 Å². The Labute approximate surface area is 260 Å². The minimum absolute atomic E-state index is 0.0828.